The van der Waals surface area contributed by atoms with E-state index < -0.39 is 0 Å². The average Bonchev–Trinajstić information content (AvgIpc) is 2.28. The summed E-state index contributed by atoms with van der Waals surface area (Å²) in [4.78, 5) is 0. The summed E-state index contributed by atoms with van der Waals surface area (Å²) >= 11 is 0. The Hall–Kier alpha value is -0.780. The maximum absolute atomic E-state index is 2.38. The third kappa shape index (κ3) is 1.45. The van der Waals surface area contributed by atoms with Gasteiger partial charge >= 0.3 is 0 Å². The van der Waals surface area contributed by atoms with Gasteiger partial charge in [0.05, 0.1) is 0 Å². The normalized spacial score (nSPS) is 23.3. The molecule has 0 heterocycles. The Morgan fingerprint density at radius 2 is 1.82 bits per heavy atom. The number of allylic oxidation sites excluding steroid dienone is 6. The minimum absolute atomic E-state index is 1.13. The highest BCUT2D eigenvalue weighted by Gasteiger charge is 2.10. The molecule has 0 aromatic carbocycles. The molecule has 2 rings (SSSR count). The van der Waals surface area contributed by atoms with Crippen LogP contribution in [0.25, 0.3) is 0 Å². The predicted octanol–water partition coefficient (Wildman–Crippen LogP) is 3.37. The van der Waals surface area contributed by atoms with Crippen LogP contribution < -0.4 is 0 Å². The summed E-state index contributed by atoms with van der Waals surface area (Å²) < 4.78 is 0. The van der Waals surface area contributed by atoms with Crippen molar-refractivity contribution in [3.8, 4) is 0 Å². The lowest BCUT2D eigenvalue weighted by Crippen LogP contribution is -1.97. The SMILES string of the molecule is C1=CCC=C2CCCCC2=C1. The van der Waals surface area contributed by atoms with E-state index in [9.17, 15) is 0 Å². The molecule has 0 N–H and O–H groups in total. The second-order valence-electron chi connectivity index (χ2n) is 3.29. The highest BCUT2D eigenvalue weighted by molar-refractivity contribution is 5.37. The molecule has 0 unspecified atom stereocenters. The molecule has 58 valence electrons. The third-order valence-electron chi connectivity index (χ3n) is 2.49. The maximum atomic E-state index is 2.38. The first-order valence-electron chi connectivity index (χ1n) is 4.52. The van der Waals surface area contributed by atoms with Crippen molar-refractivity contribution in [3.63, 3.8) is 0 Å². The monoisotopic (exact) mass is 146 g/mol. The van der Waals surface area contributed by atoms with Crippen molar-refractivity contribution >= 4 is 0 Å². The number of rotatable bonds is 0. The molecular formula is C11H14. The first kappa shape index (κ1) is 6.90. The van der Waals surface area contributed by atoms with Gasteiger partial charge in [0, 0.05) is 0 Å². The van der Waals surface area contributed by atoms with Gasteiger partial charge in [0.15, 0.2) is 0 Å². The van der Waals surface area contributed by atoms with Crippen LogP contribution in [0.2, 0.25) is 0 Å². The van der Waals surface area contributed by atoms with Crippen molar-refractivity contribution in [2.24, 2.45) is 0 Å². The van der Waals surface area contributed by atoms with Crippen LogP contribution in [0.4, 0.5) is 0 Å². The molecule has 0 radical (unpaired) electrons. The van der Waals surface area contributed by atoms with Crippen LogP contribution >= 0.6 is 0 Å². The Kier molecular flexibility index (Phi) is 1.93. The summed E-state index contributed by atoms with van der Waals surface area (Å²) in [6.07, 6.45) is 15.6. The van der Waals surface area contributed by atoms with Gasteiger partial charge in [-0.3, -0.25) is 0 Å². The number of hydrogen-bond acceptors (Lipinski definition) is 0. The summed E-state index contributed by atoms with van der Waals surface area (Å²) in [6.45, 7) is 0. The molecule has 0 atom stereocenters. The van der Waals surface area contributed by atoms with E-state index in [2.05, 4.69) is 24.3 Å². The molecule has 1 saturated carbocycles. The highest BCUT2D eigenvalue weighted by atomic mass is 14.2. The van der Waals surface area contributed by atoms with E-state index in [1.54, 1.807) is 11.1 Å². The van der Waals surface area contributed by atoms with Gasteiger partial charge in [-0.2, -0.15) is 0 Å². The van der Waals surface area contributed by atoms with Gasteiger partial charge < -0.3 is 0 Å². The molecule has 0 amide bonds. The van der Waals surface area contributed by atoms with Gasteiger partial charge in [0.25, 0.3) is 0 Å². The average molecular weight is 146 g/mol. The molecule has 0 nitrogen and oxygen atoms in total. The molecule has 2 aliphatic rings. The Morgan fingerprint density at radius 1 is 1.00 bits per heavy atom. The lowest BCUT2D eigenvalue weighted by Gasteiger charge is -2.16. The largest absolute Gasteiger partial charge is 0.0807 e. The molecule has 2 aliphatic carbocycles. The number of hydrogen-bond donors (Lipinski definition) is 0. The fourth-order valence-electron chi connectivity index (χ4n) is 1.85. The second kappa shape index (κ2) is 3.08. The topological polar surface area (TPSA) is 0 Å². The standard InChI is InChI=1S/C11H14/c1-2-6-10-8-4-5-9-11(10)7-3-1/h1-2,6-7H,3-5,8-9H2. The molecule has 0 aliphatic heterocycles. The quantitative estimate of drug-likeness (QED) is 0.491. The first-order valence-corrected chi connectivity index (χ1v) is 4.52. The molecular weight excluding hydrogens is 132 g/mol. The van der Waals surface area contributed by atoms with E-state index in [1.165, 1.54) is 25.7 Å². The minimum atomic E-state index is 1.13. The molecule has 0 saturated heterocycles. The van der Waals surface area contributed by atoms with Crippen molar-refractivity contribution in [1.29, 1.82) is 0 Å². The molecule has 0 aromatic heterocycles. The van der Waals surface area contributed by atoms with Crippen molar-refractivity contribution in [2.45, 2.75) is 32.1 Å². The third-order valence-corrected chi connectivity index (χ3v) is 2.49. The fourth-order valence-corrected chi connectivity index (χ4v) is 1.85. The van der Waals surface area contributed by atoms with E-state index in [-0.39, 0.29) is 0 Å². The van der Waals surface area contributed by atoms with Crippen LogP contribution in [0.3, 0.4) is 0 Å². The maximum Gasteiger partial charge on any atom is -0.0160 e. The van der Waals surface area contributed by atoms with Gasteiger partial charge in [0.2, 0.25) is 0 Å². The van der Waals surface area contributed by atoms with Crippen LogP contribution in [0.1, 0.15) is 32.1 Å². The summed E-state index contributed by atoms with van der Waals surface area (Å²) in [5.74, 6) is 0. The van der Waals surface area contributed by atoms with Crippen LogP contribution in [0, 0.1) is 0 Å². The zero-order chi connectivity index (χ0) is 7.52. The Bertz CT molecular complexity index is 228. The van der Waals surface area contributed by atoms with Crippen molar-refractivity contribution < 1.29 is 0 Å². The zero-order valence-electron chi connectivity index (χ0n) is 6.84. The molecule has 0 heteroatoms. The number of fused-ring (bicyclic) bond motifs is 1. The molecule has 1 fully saturated rings. The van der Waals surface area contributed by atoms with E-state index in [4.69, 9.17) is 0 Å². The smallest absolute Gasteiger partial charge is 0.0160 e. The summed E-state index contributed by atoms with van der Waals surface area (Å²) in [5.41, 5.74) is 3.20. The van der Waals surface area contributed by atoms with E-state index in [0.717, 1.165) is 6.42 Å². The van der Waals surface area contributed by atoms with Crippen molar-refractivity contribution in [2.75, 3.05) is 0 Å². The van der Waals surface area contributed by atoms with E-state index in [0.29, 0.717) is 0 Å². The second-order valence-corrected chi connectivity index (χ2v) is 3.29. The first-order chi connectivity index (χ1) is 5.47. The fraction of sp³-hybridized carbons (Fsp3) is 0.455. The highest BCUT2D eigenvalue weighted by Crippen LogP contribution is 2.29. The summed E-state index contributed by atoms with van der Waals surface area (Å²) in [5, 5.41) is 0. The summed E-state index contributed by atoms with van der Waals surface area (Å²) in [7, 11) is 0. The predicted molar refractivity (Wildman–Crippen MR) is 48.4 cm³/mol. The van der Waals surface area contributed by atoms with Crippen LogP contribution in [-0.2, 0) is 0 Å². The van der Waals surface area contributed by atoms with Gasteiger partial charge in [0.1, 0.15) is 0 Å². The van der Waals surface area contributed by atoms with Gasteiger partial charge in [-0.25, -0.2) is 0 Å². The van der Waals surface area contributed by atoms with Crippen molar-refractivity contribution in [3.05, 3.63) is 35.5 Å². The lowest BCUT2D eigenvalue weighted by atomic mass is 9.89. The zero-order valence-corrected chi connectivity index (χ0v) is 6.84. The Morgan fingerprint density at radius 3 is 2.73 bits per heavy atom. The minimum Gasteiger partial charge on any atom is -0.0807 e. The van der Waals surface area contributed by atoms with Gasteiger partial charge in [-0.05, 0) is 43.3 Å². The van der Waals surface area contributed by atoms with Crippen molar-refractivity contribution in [1.82, 2.24) is 0 Å². The Labute approximate surface area is 68.3 Å². The van der Waals surface area contributed by atoms with Gasteiger partial charge in [-0.15, -0.1) is 0 Å². The van der Waals surface area contributed by atoms with E-state index >= 15 is 0 Å². The van der Waals surface area contributed by atoms with Crippen LogP contribution in [0.5, 0.6) is 0 Å². The Balaban J connectivity index is 2.26. The van der Waals surface area contributed by atoms with Gasteiger partial charge in [-0.1, -0.05) is 24.3 Å². The van der Waals surface area contributed by atoms with Crippen LogP contribution in [-0.4, -0.2) is 0 Å². The molecule has 0 spiro atoms. The van der Waals surface area contributed by atoms with E-state index in [1.807, 2.05) is 0 Å². The molecule has 0 aromatic rings. The lowest BCUT2D eigenvalue weighted by molar-refractivity contribution is 0.678. The van der Waals surface area contributed by atoms with Crippen LogP contribution in [0.15, 0.2) is 35.5 Å². The summed E-state index contributed by atoms with van der Waals surface area (Å²) in [6, 6.07) is 0. The molecule has 11 heavy (non-hydrogen) atoms. The molecule has 0 bridgehead atoms.